The number of anilines is 1. The molecule has 0 saturated heterocycles. The Hall–Kier alpha value is -3.48. The number of amides is 1. The average Bonchev–Trinajstić information content (AvgIpc) is 3.13. The van der Waals surface area contributed by atoms with E-state index in [0.29, 0.717) is 12.1 Å². The summed E-state index contributed by atoms with van der Waals surface area (Å²) < 4.78 is 2.04. The van der Waals surface area contributed by atoms with Crippen molar-refractivity contribution in [3.05, 3.63) is 65.5 Å². The summed E-state index contributed by atoms with van der Waals surface area (Å²) in [6.45, 7) is 5.39. The number of aromatic nitrogens is 4. The molecular formula is C22H24N6O. The molecule has 2 aromatic heterocycles. The first-order valence-electron chi connectivity index (χ1n) is 9.83. The van der Waals surface area contributed by atoms with Crippen LogP contribution in [0, 0.1) is 13.8 Å². The van der Waals surface area contributed by atoms with Crippen molar-refractivity contribution >= 4 is 28.4 Å². The molecule has 7 heteroatoms. The first-order chi connectivity index (χ1) is 14.1. The lowest BCUT2D eigenvalue weighted by molar-refractivity contribution is 0.0953. The lowest BCUT2D eigenvalue weighted by Crippen LogP contribution is -2.24. The summed E-state index contributed by atoms with van der Waals surface area (Å²) in [6.07, 6.45) is 1.78. The monoisotopic (exact) mass is 388 g/mol. The number of hydrogen-bond donors (Lipinski definition) is 2. The van der Waals surface area contributed by atoms with Crippen molar-refractivity contribution in [1.82, 2.24) is 24.9 Å². The van der Waals surface area contributed by atoms with Crippen molar-refractivity contribution in [1.29, 1.82) is 0 Å². The largest absolute Gasteiger partial charge is 0.367 e. The first-order valence-corrected chi connectivity index (χ1v) is 9.83. The quantitative estimate of drug-likeness (QED) is 0.473. The van der Waals surface area contributed by atoms with E-state index in [4.69, 9.17) is 4.98 Å². The standard InChI is InChI=1S/C22H24N6O/c1-15-10-11-18-19(14-15)28-16(2)26-27-21(28)20(25-18)23-12-6-7-13-24-22(29)17-8-4-3-5-9-17/h3-5,8-11,14H,6-7,12-13H2,1-2H3,(H,23,25)(H,24,29). The van der Waals surface area contributed by atoms with E-state index in [9.17, 15) is 4.79 Å². The summed E-state index contributed by atoms with van der Waals surface area (Å²) in [4.78, 5) is 16.8. The number of carbonyl (C=O) groups is 1. The summed E-state index contributed by atoms with van der Waals surface area (Å²) in [5.41, 5.74) is 4.51. The zero-order valence-corrected chi connectivity index (χ0v) is 16.6. The third-order valence-corrected chi connectivity index (χ3v) is 4.86. The highest BCUT2D eigenvalue weighted by Gasteiger charge is 2.13. The SMILES string of the molecule is Cc1ccc2nc(NCCCCNC(=O)c3ccccc3)c3nnc(C)n3c2c1. The van der Waals surface area contributed by atoms with Crippen LogP contribution in [0.15, 0.2) is 48.5 Å². The average molecular weight is 388 g/mol. The molecule has 2 aromatic carbocycles. The number of carbonyl (C=O) groups excluding carboxylic acids is 1. The summed E-state index contributed by atoms with van der Waals surface area (Å²) in [5, 5.41) is 14.9. The van der Waals surface area contributed by atoms with Crippen molar-refractivity contribution < 1.29 is 4.79 Å². The predicted molar refractivity (Wildman–Crippen MR) is 114 cm³/mol. The lowest BCUT2D eigenvalue weighted by atomic mass is 10.2. The number of nitrogens with one attached hydrogen (secondary N) is 2. The highest BCUT2D eigenvalue weighted by Crippen LogP contribution is 2.22. The van der Waals surface area contributed by atoms with E-state index in [2.05, 4.69) is 39.9 Å². The molecule has 0 aliphatic carbocycles. The smallest absolute Gasteiger partial charge is 0.251 e. The minimum absolute atomic E-state index is 0.0364. The van der Waals surface area contributed by atoms with Gasteiger partial charge < -0.3 is 10.6 Å². The number of nitrogens with zero attached hydrogens (tertiary/aromatic N) is 4. The van der Waals surface area contributed by atoms with Crippen LogP contribution < -0.4 is 10.6 Å². The maximum absolute atomic E-state index is 12.0. The zero-order valence-electron chi connectivity index (χ0n) is 16.6. The Morgan fingerprint density at radius 3 is 2.62 bits per heavy atom. The normalized spacial score (nSPS) is 11.1. The van der Waals surface area contributed by atoms with Crippen LogP contribution >= 0.6 is 0 Å². The Labute approximate surface area is 169 Å². The molecule has 0 fully saturated rings. The van der Waals surface area contributed by atoms with Gasteiger partial charge in [-0.25, -0.2) is 4.98 Å². The molecule has 2 N–H and O–H groups in total. The van der Waals surface area contributed by atoms with Crippen LogP contribution in [-0.4, -0.2) is 38.6 Å². The van der Waals surface area contributed by atoms with E-state index in [0.717, 1.165) is 47.7 Å². The summed E-state index contributed by atoms with van der Waals surface area (Å²) >= 11 is 0. The predicted octanol–water partition coefficient (Wildman–Crippen LogP) is 3.52. The van der Waals surface area contributed by atoms with Gasteiger partial charge in [-0.1, -0.05) is 24.3 Å². The molecule has 0 unspecified atom stereocenters. The van der Waals surface area contributed by atoms with E-state index < -0.39 is 0 Å². The van der Waals surface area contributed by atoms with E-state index in [-0.39, 0.29) is 5.91 Å². The molecule has 0 spiro atoms. The molecule has 2 heterocycles. The zero-order chi connectivity index (χ0) is 20.2. The van der Waals surface area contributed by atoms with Gasteiger partial charge in [-0.2, -0.15) is 0 Å². The number of fused-ring (bicyclic) bond motifs is 3. The molecule has 4 rings (SSSR count). The van der Waals surface area contributed by atoms with Gasteiger partial charge in [0.25, 0.3) is 5.91 Å². The van der Waals surface area contributed by atoms with Crippen molar-refractivity contribution in [3.8, 4) is 0 Å². The molecule has 29 heavy (non-hydrogen) atoms. The summed E-state index contributed by atoms with van der Waals surface area (Å²) in [7, 11) is 0. The Balaban J connectivity index is 1.36. The molecule has 7 nitrogen and oxygen atoms in total. The molecule has 0 bridgehead atoms. The van der Waals surface area contributed by atoms with Crippen molar-refractivity contribution in [2.24, 2.45) is 0 Å². The maximum atomic E-state index is 12.0. The molecule has 0 saturated carbocycles. The van der Waals surface area contributed by atoms with Crippen LogP contribution in [0.5, 0.6) is 0 Å². The third-order valence-electron chi connectivity index (χ3n) is 4.86. The second kappa shape index (κ2) is 8.26. The second-order valence-corrected chi connectivity index (χ2v) is 7.11. The number of hydrogen-bond acceptors (Lipinski definition) is 5. The fourth-order valence-corrected chi connectivity index (χ4v) is 3.35. The van der Waals surface area contributed by atoms with Crippen molar-refractivity contribution in [2.45, 2.75) is 26.7 Å². The van der Waals surface area contributed by atoms with E-state index in [1.54, 1.807) is 0 Å². The van der Waals surface area contributed by atoms with Gasteiger partial charge in [0.15, 0.2) is 5.82 Å². The van der Waals surface area contributed by atoms with Crippen LogP contribution in [0.3, 0.4) is 0 Å². The number of unbranched alkanes of at least 4 members (excludes halogenated alkanes) is 1. The van der Waals surface area contributed by atoms with Gasteiger partial charge >= 0.3 is 0 Å². The van der Waals surface area contributed by atoms with Crippen LogP contribution in [0.1, 0.15) is 34.6 Å². The van der Waals surface area contributed by atoms with Gasteiger partial charge in [0.1, 0.15) is 5.82 Å². The van der Waals surface area contributed by atoms with Crippen LogP contribution in [0.2, 0.25) is 0 Å². The van der Waals surface area contributed by atoms with Crippen LogP contribution in [-0.2, 0) is 0 Å². The number of rotatable bonds is 7. The van der Waals surface area contributed by atoms with Gasteiger partial charge in [-0.3, -0.25) is 9.20 Å². The fraction of sp³-hybridized carbons (Fsp3) is 0.273. The molecule has 4 aromatic rings. The molecule has 0 aliphatic rings. The second-order valence-electron chi connectivity index (χ2n) is 7.11. The highest BCUT2D eigenvalue weighted by molar-refractivity contribution is 5.94. The Kier molecular flexibility index (Phi) is 5.37. The minimum atomic E-state index is -0.0364. The van der Waals surface area contributed by atoms with E-state index in [1.165, 1.54) is 5.56 Å². The van der Waals surface area contributed by atoms with Crippen LogP contribution in [0.4, 0.5) is 5.82 Å². The molecule has 148 valence electrons. The Bertz CT molecular complexity index is 1150. The van der Waals surface area contributed by atoms with E-state index in [1.807, 2.05) is 47.7 Å². The van der Waals surface area contributed by atoms with Crippen LogP contribution in [0.25, 0.3) is 16.7 Å². The van der Waals surface area contributed by atoms with E-state index >= 15 is 0 Å². The molecule has 0 aliphatic heterocycles. The summed E-state index contributed by atoms with van der Waals surface area (Å²) in [5.74, 6) is 1.53. The Morgan fingerprint density at radius 1 is 1.00 bits per heavy atom. The fourth-order valence-electron chi connectivity index (χ4n) is 3.35. The van der Waals surface area contributed by atoms with Gasteiger partial charge in [0.2, 0.25) is 5.65 Å². The van der Waals surface area contributed by atoms with Gasteiger partial charge in [-0.05, 0) is 56.5 Å². The first kappa shape index (κ1) is 18.9. The number of aryl methyl sites for hydroxylation is 2. The maximum Gasteiger partial charge on any atom is 0.251 e. The van der Waals surface area contributed by atoms with Gasteiger partial charge in [0.05, 0.1) is 11.0 Å². The van der Waals surface area contributed by atoms with Crippen molar-refractivity contribution in [2.75, 3.05) is 18.4 Å². The molecule has 0 radical (unpaired) electrons. The summed E-state index contributed by atoms with van der Waals surface area (Å²) in [6, 6.07) is 15.4. The topological polar surface area (TPSA) is 84.2 Å². The number of benzene rings is 2. The molecule has 0 atom stereocenters. The molecule has 1 amide bonds. The van der Waals surface area contributed by atoms with Crippen molar-refractivity contribution in [3.63, 3.8) is 0 Å². The minimum Gasteiger partial charge on any atom is -0.367 e. The molecular weight excluding hydrogens is 364 g/mol. The highest BCUT2D eigenvalue weighted by atomic mass is 16.1. The Morgan fingerprint density at radius 2 is 1.79 bits per heavy atom. The third kappa shape index (κ3) is 4.03. The van der Waals surface area contributed by atoms with Gasteiger partial charge in [0, 0.05) is 18.7 Å². The van der Waals surface area contributed by atoms with Gasteiger partial charge in [-0.15, -0.1) is 10.2 Å². The lowest BCUT2D eigenvalue weighted by Gasteiger charge is -2.10.